The maximum Gasteiger partial charge on any atom is 0.205 e. The highest BCUT2D eigenvalue weighted by Gasteiger charge is 2.20. The molecule has 0 unspecified atom stereocenters. The molecule has 0 amide bonds. The second-order valence-electron chi connectivity index (χ2n) is 3.61. The van der Waals surface area contributed by atoms with Gasteiger partial charge in [0.2, 0.25) is 5.78 Å². The first-order chi connectivity index (χ1) is 9.08. The molecule has 0 aliphatic heterocycles. The number of benzene rings is 1. The number of carbonyl (C=O) groups is 1. The summed E-state index contributed by atoms with van der Waals surface area (Å²) in [6, 6.07) is 5.00. The van der Waals surface area contributed by atoms with Crippen molar-refractivity contribution in [3.63, 3.8) is 0 Å². The molecule has 6 heteroatoms. The van der Waals surface area contributed by atoms with Gasteiger partial charge in [-0.3, -0.25) is 4.79 Å². The summed E-state index contributed by atoms with van der Waals surface area (Å²) in [5.41, 5.74) is 0.391. The van der Waals surface area contributed by atoms with Gasteiger partial charge in [-0.15, -0.1) is 11.3 Å². The van der Waals surface area contributed by atoms with Gasteiger partial charge in [-0.1, -0.05) is 11.6 Å². The zero-order valence-corrected chi connectivity index (χ0v) is 13.4. The smallest absolute Gasteiger partial charge is 0.205 e. The van der Waals surface area contributed by atoms with Crippen molar-refractivity contribution in [1.29, 1.82) is 0 Å². The lowest BCUT2D eigenvalue weighted by Gasteiger charge is -2.10. The van der Waals surface area contributed by atoms with E-state index in [0.29, 0.717) is 27.0 Å². The molecule has 100 valence electrons. The third-order valence-electron chi connectivity index (χ3n) is 2.54. The fourth-order valence-electron chi connectivity index (χ4n) is 1.61. The van der Waals surface area contributed by atoms with Gasteiger partial charge >= 0.3 is 0 Å². The molecule has 0 bridgehead atoms. The van der Waals surface area contributed by atoms with Crippen LogP contribution in [0.15, 0.2) is 28.1 Å². The molecule has 1 aromatic carbocycles. The molecule has 0 N–H and O–H groups in total. The molecule has 1 heterocycles. The normalized spacial score (nSPS) is 10.3. The van der Waals surface area contributed by atoms with Crippen molar-refractivity contribution in [3.05, 3.63) is 43.5 Å². The molecular formula is C13H10BrClO3S. The van der Waals surface area contributed by atoms with Crippen LogP contribution < -0.4 is 9.47 Å². The Bertz CT molecular complexity index is 624. The minimum Gasteiger partial charge on any atom is -0.493 e. The zero-order chi connectivity index (χ0) is 14.0. The molecule has 2 aromatic rings. The molecule has 0 atom stereocenters. The Kier molecular flexibility index (Phi) is 4.50. The standard InChI is InChI=1S/C13H10BrClO3S/c1-17-10-5-7(9(15)6-11(10)18-2)12(16)13-8(14)3-4-19-13/h3-6H,1-2H3. The Morgan fingerprint density at radius 2 is 1.89 bits per heavy atom. The fourth-order valence-corrected chi connectivity index (χ4v) is 3.35. The second-order valence-corrected chi connectivity index (χ2v) is 5.79. The quantitative estimate of drug-likeness (QED) is 0.757. The van der Waals surface area contributed by atoms with Crippen LogP contribution in [0.1, 0.15) is 15.2 Å². The highest BCUT2D eigenvalue weighted by Crippen LogP contribution is 2.35. The van der Waals surface area contributed by atoms with E-state index in [2.05, 4.69) is 15.9 Å². The number of rotatable bonds is 4. The van der Waals surface area contributed by atoms with E-state index < -0.39 is 0 Å². The number of methoxy groups -OCH3 is 2. The molecule has 0 saturated carbocycles. The first-order valence-corrected chi connectivity index (χ1v) is 7.32. The topological polar surface area (TPSA) is 35.5 Å². The molecule has 19 heavy (non-hydrogen) atoms. The number of halogens is 2. The summed E-state index contributed by atoms with van der Waals surface area (Å²) in [7, 11) is 3.03. The van der Waals surface area contributed by atoms with Crippen LogP contribution in [0.25, 0.3) is 0 Å². The second kappa shape index (κ2) is 5.94. The molecule has 0 saturated heterocycles. The number of carbonyl (C=O) groups excluding carboxylic acids is 1. The number of thiophene rings is 1. The van der Waals surface area contributed by atoms with Gasteiger partial charge in [-0.2, -0.15) is 0 Å². The summed E-state index contributed by atoms with van der Waals surface area (Å²) >= 11 is 10.8. The molecule has 0 aliphatic rings. The predicted molar refractivity (Wildman–Crippen MR) is 80.0 cm³/mol. The van der Waals surface area contributed by atoms with Crippen LogP contribution in [0.3, 0.4) is 0 Å². The number of hydrogen-bond acceptors (Lipinski definition) is 4. The summed E-state index contributed by atoms with van der Waals surface area (Å²) in [5.74, 6) is 0.824. The van der Waals surface area contributed by atoms with Gasteiger partial charge < -0.3 is 9.47 Å². The van der Waals surface area contributed by atoms with Gasteiger partial charge in [0.1, 0.15) is 0 Å². The zero-order valence-electron chi connectivity index (χ0n) is 10.2. The molecule has 3 nitrogen and oxygen atoms in total. The van der Waals surface area contributed by atoms with Crippen molar-refractivity contribution < 1.29 is 14.3 Å². The van der Waals surface area contributed by atoms with E-state index in [-0.39, 0.29) is 5.78 Å². The minimum absolute atomic E-state index is 0.146. The molecule has 0 fully saturated rings. The fraction of sp³-hybridized carbons (Fsp3) is 0.154. The average molecular weight is 362 g/mol. The van der Waals surface area contributed by atoms with Gasteiger partial charge in [0.15, 0.2) is 11.5 Å². The Morgan fingerprint density at radius 1 is 1.26 bits per heavy atom. The van der Waals surface area contributed by atoms with Crippen LogP contribution in [0.4, 0.5) is 0 Å². The summed E-state index contributed by atoms with van der Waals surface area (Å²) in [6.45, 7) is 0. The van der Waals surface area contributed by atoms with E-state index in [9.17, 15) is 4.79 Å². The van der Waals surface area contributed by atoms with Crippen molar-refractivity contribution in [3.8, 4) is 11.5 Å². The summed E-state index contributed by atoms with van der Waals surface area (Å²) in [6.07, 6.45) is 0. The van der Waals surface area contributed by atoms with E-state index in [4.69, 9.17) is 21.1 Å². The molecule has 1 aromatic heterocycles. The lowest BCUT2D eigenvalue weighted by Crippen LogP contribution is -2.02. The van der Waals surface area contributed by atoms with E-state index in [1.807, 2.05) is 11.4 Å². The van der Waals surface area contributed by atoms with Crippen LogP contribution >= 0.6 is 38.9 Å². The maximum atomic E-state index is 12.4. The van der Waals surface area contributed by atoms with Gasteiger partial charge in [-0.05, 0) is 33.4 Å². The molecule has 0 radical (unpaired) electrons. The van der Waals surface area contributed by atoms with E-state index in [0.717, 1.165) is 4.47 Å². The van der Waals surface area contributed by atoms with Crippen LogP contribution in [0.5, 0.6) is 11.5 Å². The van der Waals surface area contributed by atoms with Gasteiger partial charge in [0.25, 0.3) is 0 Å². The summed E-state index contributed by atoms with van der Waals surface area (Å²) in [4.78, 5) is 13.0. The molecule has 0 spiro atoms. The van der Waals surface area contributed by atoms with Crippen LogP contribution in [0, 0.1) is 0 Å². The summed E-state index contributed by atoms with van der Waals surface area (Å²) < 4.78 is 11.1. The molecule has 2 rings (SSSR count). The van der Waals surface area contributed by atoms with Crippen molar-refractivity contribution >= 4 is 44.7 Å². The monoisotopic (exact) mass is 360 g/mol. The van der Waals surface area contributed by atoms with Gasteiger partial charge in [-0.25, -0.2) is 0 Å². The van der Waals surface area contributed by atoms with E-state index in [1.165, 1.54) is 25.6 Å². The van der Waals surface area contributed by atoms with E-state index in [1.54, 1.807) is 12.1 Å². The molecule has 0 aliphatic carbocycles. The highest BCUT2D eigenvalue weighted by molar-refractivity contribution is 9.10. The lowest BCUT2D eigenvalue weighted by molar-refractivity contribution is 0.104. The third-order valence-corrected chi connectivity index (χ3v) is 4.69. The highest BCUT2D eigenvalue weighted by atomic mass is 79.9. The van der Waals surface area contributed by atoms with Gasteiger partial charge in [0, 0.05) is 16.1 Å². The Labute approximate surface area is 128 Å². The Hall–Kier alpha value is -1.04. The van der Waals surface area contributed by atoms with Crippen molar-refractivity contribution in [2.45, 2.75) is 0 Å². The maximum absolute atomic E-state index is 12.4. The van der Waals surface area contributed by atoms with Crippen molar-refractivity contribution in [2.24, 2.45) is 0 Å². The van der Waals surface area contributed by atoms with Crippen molar-refractivity contribution in [2.75, 3.05) is 14.2 Å². The van der Waals surface area contributed by atoms with Crippen LogP contribution in [-0.4, -0.2) is 20.0 Å². The Morgan fingerprint density at radius 3 is 2.42 bits per heavy atom. The predicted octanol–water partition coefficient (Wildman–Crippen LogP) is 4.41. The third kappa shape index (κ3) is 2.78. The van der Waals surface area contributed by atoms with Crippen LogP contribution in [0.2, 0.25) is 5.02 Å². The molecular weight excluding hydrogens is 352 g/mol. The first kappa shape index (κ1) is 14.4. The minimum atomic E-state index is -0.146. The average Bonchev–Trinajstić information content (AvgIpc) is 2.83. The Balaban J connectivity index is 2.51. The number of ether oxygens (including phenoxy) is 2. The largest absolute Gasteiger partial charge is 0.493 e. The first-order valence-electron chi connectivity index (χ1n) is 5.27. The summed E-state index contributed by atoms with van der Waals surface area (Å²) in [5, 5.41) is 2.18. The lowest BCUT2D eigenvalue weighted by atomic mass is 10.1. The van der Waals surface area contributed by atoms with Crippen LogP contribution in [-0.2, 0) is 0 Å². The number of hydrogen-bond donors (Lipinski definition) is 0. The van der Waals surface area contributed by atoms with Gasteiger partial charge in [0.05, 0.1) is 24.1 Å². The van der Waals surface area contributed by atoms with E-state index >= 15 is 0 Å². The van der Waals surface area contributed by atoms with Crippen molar-refractivity contribution in [1.82, 2.24) is 0 Å². The number of ketones is 1. The SMILES string of the molecule is COc1cc(Cl)c(C(=O)c2sccc2Br)cc1OC.